The second kappa shape index (κ2) is 8.61. The highest BCUT2D eigenvalue weighted by molar-refractivity contribution is 6.47. The van der Waals surface area contributed by atoms with Gasteiger partial charge in [-0.05, 0) is 28.5 Å². The van der Waals surface area contributed by atoms with Crippen LogP contribution in [-0.2, 0) is 24.2 Å². The summed E-state index contributed by atoms with van der Waals surface area (Å²) in [6.07, 6.45) is 1.57. The zero-order chi connectivity index (χ0) is 20.1. The summed E-state index contributed by atoms with van der Waals surface area (Å²) in [4.78, 5) is 27.6. The van der Waals surface area contributed by atoms with Gasteiger partial charge in [-0.2, -0.15) is 0 Å². The number of carboxylic acid groups (broad SMARTS) is 1. The van der Waals surface area contributed by atoms with Crippen molar-refractivity contribution in [2.24, 2.45) is 10.7 Å². The molecule has 0 saturated carbocycles. The van der Waals surface area contributed by atoms with Gasteiger partial charge >= 0.3 is 13.1 Å². The number of ketones is 1. The number of aromatic nitrogens is 4. The molecular weight excluding hydrogens is 367 g/mol. The van der Waals surface area contributed by atoms with Gasteiger partial charge in [0.05, 0.1) is 31.4 Å². The lowest BCUT2D eigenvalue weighted by molar-refractivity contribution is -0.118. The first-order valence-corrected chi connectivity index (χ1v) is 8.66. The fourth-order valence-electron chi connectivity index (χ4n) is 3.12. The second-order valence-corrected chi connectivity index (χ2v) is 6.36. The summed E-state index contributed by atoms with van der Waals surface area (Å²) in [7, 11) is -1.27. The highest BCUT2D eigenvalue weighted by Gasteiger charge is 2.37. The molecule has 0 bridgehead atoms. The molecule has 0 spiro atoms. The number of tetrazole rings is 1. The number of Topliss-reactive ketones (excluding diaryl/α,β-unsaturated/α-hetero) is 1. The predicted molar refractivity (Wildman–Crippen MR) is 98.1 cm³/mol. The summed E-state index contributed by atoms with van der Waals surface area (Å²) >= 11 is 0. The maximum atomic E-state index is 12.5. The number of nitrogens with two attached hydrogens (primary N) is 1. The SMILES string of the molecule is NC=NCCn1nnnc1CC(=O)C[C@H]1Cc2cccc(C(=O)O)c2OB1O. The Balaban J connectivity index is 1.65. The molecule has 0 amide bonds. The summed E-state index contributed by atoms with van der Waals surface area (Å²) in [5.41, 5.74) is 5.82. The Bertz CT molecular complexity index is 901. The number of carbonyl (C=O) groups is 2. The van der Waals surface area contributed by atoms with E-state index in [2.05, 4.69) is 20.5 Å². The molecule has 2 heterocycles. The van der Waals surface area contributed by atoms with Gasteiger partial charge in [0, 0.05) is 12.2 Å². The summed E-state index contributed by atoms with van der Waals surface area (Å²) in [5.74, 6) is -1.24. The van der Waals surface area contributed by atoms with Crippen molar-refractivity contribution >= 4 is 25.2 Å². The third kappa shape index (κ3) is 4.34. The zero-order valence-electron chi connectivity index (χ0n) is 14.9. The quantitative estimate of drug-likeness (QED) is 0.303. The first-order chi connectivity index (χ1) is 13.5. The van der Waals surface area contributed by atoms with E-state index in [1.54, 1.807) is 12.1 Å². The predicted octanol–water partition coefficient (Wildman–Crippen LogP) is -0.654. The van der Waals surface area contributed by atoms with E-state index in [1.165, 1.54) is 17.1 Å². The van der Waals surface area contributed by atoms with Gasteiger partial charge in [-0.15, -0.1) is 5.10 Å². The van der Waals surface area contributed by atoms with Crippen LogP contribution in [0.5, 0.6) is 5.75 Å². The number of carboxylic acids is 1. The molecule has 1 atom stereocenters. The van der Waals surface area contributed by atoms with Crippen LogP contribution in [0.3, 0.4) is 0 Å². The Morgan fingerprint density at radius 1 is 1.46 bits per heavy atom. The van der Waals surface area contributed by atoms with Crippen molar-refractivity contribution in [2.45, 2.75) is 31.6 Å². The van der Waals surface area contributed by atoms with Crippen molar-refractivity contribution in [1.82, 2.24) is 20.2 Å². The minimum atomic E-state index is -1.27. The Morgan fingerprint density at radius 3 is 3.04 bits per heavy atom. The van der Waals surface area contributed by atoms with Crippen LogP contribution in [0, 0.1) is 0 Å². The van der Waals surface area contributed by atoms with Crippen molar-refractivity contribution in [3.8, 4) is 5.75 Å². The Hall–Kier alpha value is -3.28. The molecule has 4 N–H and O–H groups in total. The van der Waals surface area contributed by atoms with Crippen LogP contribution >= 0.6 is 0 Å². The lowest BCUT2D eigenvalue weighted by atomic mass is 9.64. The van der Waals surface area contributed by atoms with Crippen LogP contribution in [0.4, 0.5) is 0 Å². The summed E-state index contributed by atoms with van der Waals surface area (Å²) in [5, 5.41) is 30.7. The van der Waals surface area contributed by atoms with E-state index in [9.17, 15) is 19.7 Å². The van der Waals surface area contributed by atoms with Gasteiger partial charge in [-0.3, -0.25) is 9.79 Å². The molecule has 0 fully saturated rings. The molecule has 0 radical (unpaired) electrons. The highest BCUT2D eigenvalue weighted by Crippen LogP contribution is 2.36. The van der Waals surface area contributed by atoms with E-state index in [4.69, 9.17) is 10.4 Å². The first-order valence-electron chi connectivity index (χ1n) is 8.66. The third-order valence-electron chi connectivity index (χ3n) is 4.45. The van der Waals surface area contributed by atoms with Gasteiger partial charge in [-0.25, -0.2) is 9.48 Å². The molecular formula is C16H19BN6O5. The van der Waals surface area contributed by atoms with Gasteiger partial charge in [0.25, 0.3) is 0 Å². The summed E-state index contributed by atoms with van der Waals surface area (Å²) in [6, 6.07) is 4.75. The summed E-state index contributed by atoms with van der Waals surface area (Å²) in [6.45, 7) is 0.782. The molecule has 11 nitrogen and oxygen atoms in total. The number of aliphatic imine (C=N–C) groups is 1. The number of carbonyl (C=O) groups excluding carboxylic acids is 1. The van der Waals surface area contributed by atoms with E-state index in [0.717, 1.165) is 0 Å². The van der Waals surface area contributed by atoms with Crippen LogP contribution in [0.2, 0.25) is 5.82 Å². The number of para-hydroxylation sites is 1. The third-order valence-corrected chi connectivity index (χ3v) is 4.45. The normalized spacial score (nSPS) is 16.0. The fourth-order valence-corrected chi connectivity index (χ4v) is 3.12. The maximum absolute atomic E-state index is 12.5. The van der Waals surface area contributed by atoms with Crippen molar-refractivity contribution < 1.29 is 24.4 Å². The molecule has 1 aliphatic rings. The first kappa shape index (κ1) is 19.5. The van der Waals surface area contributed by atoms with Crippen LogP contribution < -0.4 is 10.4 Å². The van der Waals surface area contributed by atoms with Gasteiger partial charge in [-0.1, -0.05) is 12.1 Å². The van der Waals surface area contributed by atoms with Crippen LogP contribution in [-0.4, -0.2) is 62.1 Å². The van der Waals surface area contributed by atoms with E-state index in [1.807, 2.05) is 0 Å². The van der Waals surface area contributed by atoms with Crippen molar-refractivity contribution in [3.05, 3.63) is 35.2 Å². The van der Waals surface area contributed by atoms with Crippen LogP contribution in [0.25, 0.3) is 0 Å². The molecule has 3 rings (SSSR count). The molecule has 1 aromatic heterocycles. The Labute approximate surface area is 160 Å². The van der Waals surface area contributed by atoms with E-state index in [0.29, 0.717) is 30.9 Å². The number of fused-ring (bicyclic) bond motifs is 1. The van der Waals surface area contributed by atoms with Crippen molar-refractivity contribution in [1.29, 1.82) is 0 Å². The lowest BCUT2D eigenvalue weighted by Gasteiger charge is -2.27. The largest absolute Gasteiger partial charge is 0.535 e. The van der Waals surface area contributed by atoms with E-state index >= 15 is 0 Å². The van der Waals surface area contributed by atoms with Gasteiger partial charge < -0.3 is 20.5 Å². The fraction of sp³-hybridized carbons (Fsp3) is 0.375. The topological polar surface area (TPSA) is 166 Å². The molecule has 12 heteroatoms. The van der Waals surface area contributed by atoms with E-state index < -0.39 is 18.9 Å². The summed E-state index contributed by atoms with van der Waals surface area (Å²) < 4.78 is 6.89. The van der Waals surface area contributed by atoms with Crippen molar-refractivity contribution in [2.75, 3.05) is 6.54 Å². The second-order valence-electron chi connectivity index (χ2n) is 6.36. The molecule has 28 heavy (non-hydrogen) atoms. The minimum absolute atomic E-state index is 0.00455. The number of aromatic carboxylic acids is 1. The number of rotatable bonds is 8. The average Bonchev–Trinajstić information content (AvgIpc) is 3.09. The Morgan fingerprint density at radius 2 is 2.29 bits per heavy atom. The highest BCUT2D eigenvalue weighted by atomic mass is 16.5. The molecule has 0 aliphatic carbocycles. The lowest BCUT2D eigenvalue weighted by Crippen LogP contribution is -2.36. The number of hydrogen-bond donors (Lipinski definition) is 3. The number of benzene rings is 1. The van der Waals surface area contributed by atoms with Crippen LogP contribution in [0.1, 0.15) is 28.2 Å². The number of hydrogen-bond acceptors (Lipinski definition) is 8. The Kier molecular flexibility index (Phi) is 5.99. The minimum Gasteiger partial charge on any atom is -0.535 e. The van der Waals surface area contributed by atoms with Crippen LogP contribution in [0.15, 0.2) is 23.2 Å². The monoisotopic (exact) mass is 386 g/mol. The number of nitrogens with zero attached hydrogens (tertiary/aromatic N) is 5. The van der Waals surface area contributed by atoms with Crippen molar-refractivity contribution in [3.63, 3.8) is 0 Å². The van der Waals surface area contributed by atoms with E-state index in [-0.39, 0.29) is 29.9 Å². The molecule has 0 unspecified atom stereocenters. The molecule has 2 aromatic rings. The van der Waals surface area contributed by atoms with Gasteiger partial charge in [0.1, 0.15) is 11.5 Å². The average molecular weight is 386 g/mol. The molecule has 1 aliphatic heterocycles. The van der Waals surface area contributed by atoms with Gasteiger partial charge in [0.15, 0.2) is 5.82 Å². The molecule has 0 saturated heterocycles. The standard InChI is InChI=1S/C16H19BN6O5/c18-9-19-4-5-23-14(20-21-22-23)8-12(24)7-11-6-10-2-1-3-13(16(25)26)15(10)28-17(11)27/h1-3,9,11,27H,4-8H2,(H2,18,19)(H,25,26)/t11-/m1/s1. The maximum Gasteiger partial charge on any atom is 0.526 e. The molecule has 146 valence electrons. The molecule has 1 aromatic carbocycles. The van der Waals surface area contributed by atoms with Gasteiger partial charge in [0.2, 0.25) is 0 Å². The smallest absolute Gasteiger partial charge is 0.526 e. The zero-order valence-corrected chi connectivity index (χ0v) is 14.9.